The zero-order valence-electron chi connectivity index (χ0n) is 8.43. The topological polar surface area (TPSA) is 58.9 Å². The average Bonchev–Trinajstić information content (AvgIpc) is 2.51. The van der Waals surface area contributed by atoms with Gasteiger partial charge in [0.05, 0.1) is 0 Å². The largest absolute Gasteiger partial charge is 0.396 e. The summed E-state index contributed by atoms with van der Waals surface area (Å²) >= 11 is 0. The van der Waals surface area contributed by atoms with Crippen molar-refractivity contribution in [2.75, 3.05) is 6.61 Å². The molecular weight excluding hydrogens is 184 g/mol. The fourth-order valence-electron chi connectivity index (χ4n) is 2.09. The van der Waals surface area contributed by atoms with Crippen LogP contribution < -0.4 is 0 Å². The van der Waals surface area contributed by atoms with Crippen molar-refractivity contribution in [3.8, 4) is 0 Å². The summed E-state index contributed by atoms with van der Waals surface area (Å²) in [6, 6.07) is 0. The third-order valence-corrected chi connectivity index (χ3v) is 2.62. The van der Waals surface area contributed by atoms with Crippen molar-refractivity contribution in [1.82, 2.24) is 0 Å². The van der Waals surface area contributed by atoms with Gasteiger partial charge in [-0.3, -0.25) is 0 Å². The van der Waals surface area contributed by atoms with Gasteiger partial charge in [-0.25, -0.2) is 0 Å². The first kappa shape index (κ1) is 10.1. The quantitative estimate of drug-likeness (QED) is 0.625. The van der Waals surface area contributed by atoms with Gasteiger partial charge in [-0.05, 0) is 25.8 Å². The van der Waals surface area contributed by atoms with Crippen LogP contribution in [0, 0.1) is 0 Å². The van der Waals surface area contributed by atoms with E-state index in [1.807, 2.05) is 13.8 Å². The Kier molecular flexibility index (Phi) is 2.39. The molecule has 2 N–H and O–H groups in total. The first-order valence-electron chi connectivity index (χ1n) is 4.88. The van der Waals surface area contributed by atoms with E-state index in [0.29, 0.717) is 6.42 Å². The highest BCUT2D eigenvalue weighted by atomic mass is 16.8. The van der Waals surface area contributed by atoms with Crippen molar-refractivity contribution in [1.29, 1.82) is 0 Å². The Bertz CT molecular complexity index is 259. The lowest BCUT2D eigenvalue weighted by Crippen LogP contribution is -2.29. The summed E-state index contributed by atoms with van der Waals surface area (Å²) < 4.78 is 11.2. The maximum atomic E-state index is 9.67. The lowest BCUT2D eigenvalue weighted by Gasteiger charge is -2.18. The summed E-state index contributed by atoms with van der Waals surface area (Å²) in [5, 5.41) is 18.5. The van der Waals surface area contributed by atoms with Crippen LogP contribution in [-0.4, -0.2) is 40.9 Å². The third-order valence-electron chi connectivity index (χ3n) is 2.62. The second kappa shape index (κ2) is 3.31. The molecule has 0 spiro atoms. The smallest absolute Gasteiger partial charge is 0.164 e. The second-order valence-corrected chi connectivity index (χ2v) is 4.23. The SMILES string of the molecule is CC1(C)OC2C(CCO)=CC(O)C2O1. The van der Waals surface area contributed by atoms with Crippen molar-refractivity contribution >= 4 is 0 Å². The van der Waals surface area contributed by atoms with Crippen molar-refractivity contribution in [2.45, 2.75) is 44.4 Å². The van der Waals surface area contributed by atoms with Gasteiger partial charge in [-0.15, -0.1) is 0 Å². The zero-order valence-corrected chi connectivity index (χ0v) is 8.43. The maximum absolute atomic E-state index is 9.67. The molecule has 0 saturated carbocycles. The van der Waals surface area contributed by atoms with Crippen LogP contribution in [0.3, 0.4) is 0 Å². The van der Waals surface area contributed by atoms with Gasteiger partial charge >= 0.3 is 0 Å². The fraction of sp³-hybridized carbons (Fsp3) is 0.800. The van der Waals surface area contributed by atoms with Crippen LogP contribution in [0.5, 0.6) is 0 Å². The van der Waals surface area contributed by atoms with E-state index in [-0.39, 0.29) is 18.8 Å². The van der Waals surface area contributed by atoms with Gasteiger partial charge in [0.25, 0.3) is 0 Å². The number of rotatable bonds is 2. The van der Waals surface area contributed by atoms with E-state index in [9.17, 15) is 5.11 Å². The van der Waals surface area contributed by atoms with Crippen molar-refractivity contribution in [2.24, 2.45) is 0 Å². The van der Waals surface area contributed by atoms with E-state index in [4.69, 9.17) is 14.6 Å². The molecule has 0 aromatic carbocycles. The molecule has 0 radical (unpaired) electrons. The summed E-state index contributed by atoms with van der Waals surface area (Å²) in [6.45, 7) is 3.73. The summed E-state index contributed by atoms with van der Waals surface area (Å²) in [5.41, 5.74) is 0.940. The van der Waals surface area contributed by atoms with E-state index in [1.54, 1.807) is 6.08 Å². The minimum atomic E-state index is -0.634. The highest BCUT2D eigenvalue weighted by Gasteiger charge is 2.49. The molecular formula is C10H16O4. The number of hydrogen-bond acceptors (Lipinski definition) is 4. The van der Waals surface area contributed by atoms with Crippen LogP contribution in [0.2, 0.25) is 0 Å². The molecule has 3 atom stereocenters. The van der Waals surface area contributed by atoms with Crippen molar-refractivity contribution < 1.29 is 19.7 Å². The summed E-state index contributed by atoms with van der Waals surface area (Å²) in [7, 11) is 0. The molecule has 2 aliphatic rings. The van der Waals surface area contributed by atoms with Gasteiger partial charge in [0.15, 0.2) is 5.79 Å². The summed E-state index contributed by atoms with van der Waals surface area (Å²) in [5.74, 6) is -0.634. The highest BCUT2D eigenvalue weighted by Crippen LogP contribution is 2.39. The molecule has 2 rings (SSSR count). The minimum Gasteiger partial charge on any atom is -0.396 e. The first-order valence-corrected chi connectivity index (χ1v) is 4.88. The van der Waals surface area contributed by atoms with Crippen molar-refractivity contribution in [3.63, 3.8) is 0 Å². The van der Waals surface area contributed by atoms with Gasteiger partial charge in [0.2, 0.25) is 0 Å². The Labute approximate surface area is 83.1 Å². The molecule has 0 aromatic heterocycles. The molecule has 4 nitrogen and oxygen atoms in total. The average molecular weight is 200 g/mol. The standard InChI is InChI=1S/C10H16O4/c1-10(2)13-8-6(3-4-11)5-7(12)9(8)14-10/h5,7-9,11-12H,3-4H2,1-2H3. The van der Waals surface area contributed by atoms with Crippen LogP contribution in [0.25, 0.3) is 0 Å². The molecule has 1 fully saturated rings. The number of hydrogen-bond donors (Lipinski definition) is 2. The fourth-order valence-corrected chi connectivity index (χ4v) is 2.09. The van der Waals surface area contributed by atoms with Crippen LogP contribution >= 0.6 is 0 Å². The normalized spacial score (nSPS) is 39.7. The third kappa shape index (κ3) is 1.59. The Hall–Kier alpha value is -0.420. The molecule has 1 aliphatic heterocycles. The molecule has 0 aromatic rings. The molecule has 1 heterocycles. The number of fused-ring (bicyclic) bond motifs is 1. The number of aliphatic hydroxyl groups is 2. The predicted octanol–water partition coefficient (Wildman–Crippen LogP) is 0.190. The Balaban J connectivity index is 2.13. The van der Waals surface area contributed by atoms with E-state index < -0.39 is 11.9 Å². The molecule has 80 valence electrons. The molecule has 1 saturated heterocycles. The van der Waals surface area contributed by atoms with Crippen LogP contribution in [0.1, 0.15) is 20.3 Å². The first-order chi connectivity index (χ1) is 6.53. The maximum Gasteiger partial charge on any atom is 0.164 e. The zero-order chi connectivity index (χ0) is 10.3. The predicted molar refractivity (Wildman–Crippen MR) is 49.6 cm³/mol. The van der Waals surface area contributed by atoms with Crippen molar-refractivity contribution in [3.05, 3.63) is 11.6 Å². The van der Waals surface area contributed by atoms with Crippen LogP contribution in [0.15, 0.2) is 11.6 Å². The minimum absolute atomic E-state index is 0.0750. The van der Waals surface area contributed by atoms with Gasteiger partial charge in [-0.2, -0.15) is 0 Å². The van der Waals surface area contributed by atoms with Gasteiger partial charge in [-0.1, -0.05) is 6.08 Å². The second-order valence-electron chi connectivity index (χ2n) is 4.23. The Morgan fingerprint density at radius 2 is 2.14 bits per heavy atom. The number of ether oxygens (including phenoxy) is 2. The molecule has 14 heavy (non-hydrogen) atoms. The molecule has 1 aliphatic carbocycles. The number of aliphatic hydroxyl groups excluding tert-OH is 2. The van der Waals surface area contributed by atoms with Gasteiger partial charge < -0.3 is 19.7 Å². The lowest BCUT2D eigenvalue weighted by atomic mass is 10.1. The molecule has 3 unspecified atom stereocenters. The van der Waals surface area contributed by atoms with Gasteiger partial charge in [0, 0.05) is 6.61 Å². The summed E-state index contributed by atoms with van der Waals surface area (Å²) in [6.07, 6.45) is 1.17. The monoisotopic (exact) mass is 200 g/mol. The van der Waals surface area contributed by atoms with E-state index in [2.05, 4.69) is 0 Å². The van der Waals surface area contributed by atoms with E-state index in [0.717, 1.165) is 5.57 Å². The molecule has 4 heteroatoms. The van der Waals surface area contributed by atoms with Crippen LogP contribution in [0.4, 0.5) is 0 Å². The lowest BCUT2D eigenvalue weighted by molar-refractivity contribution is -0.152. The Morgan fingerprint density at radius 3 is 2.79 bits per heavy atom. The Morgan fingerprint density at radius 1 is 1.43 bits per heavy atom. The van der Waals surface area contributed by atoms with E-state index >= 15 is 0 Å². The van der Waals surface area contributed by atoms with Crippen LogP contribution in [-0.2, 0) is 9.47 Å². The highest BCUT2D eigenvalue weighted by molar-refractivity contribution is 5.24. The molecule has 0 amide bonds. The summed E-state index contributed by atoms with van der Waals surface area (Å²) in [4.78, 5) is 0. The molecule has 0 bridgehead atoms. The van der Waals surface area contributed by atoms with Gasteiger partial charge in [0.1, 0.15) is 18.3 Å². The van der Waals surface area contributed by atoms with E-state index in [1.165, 1.54) is 0 Å².